The first-order valence-electron chi connectivity index (χ1n) is 14.2. The van der Waals surface area contributed by atoms with E-state index in [0.717, 1.165) is 99.4 Å². The zero-order valence-corrected chi connectivity index (χ0v) is 22.7. The van der Waals surface area contributed by atoms with E-state index >= 15 is 0 Å². The van der Waals surface area contributed by atoms with Crippen molar-refractivity contribution < 1.29 is 9.53 Å². The highest BCUT2D eigenvalue weighted by atomic mass is 16.5. The smallest absolute Gasteiger partial charge is 0.251 e. The lowest BCUT2D eigenvalue weighted by molar-refractivity contribution is -0.116. The van der Waals surface area contributed by atoms with Crippen molar-refractivity contribution in [2.24, 2.45) is 5.92 Å². The number of benzene rings is 1. The van der Waals surface area contributed by atoms with Crippen LogP contribution in [0.1, 0.15) is 57.6 Å². The van der Waals surface area contributed by atoms with E-state index in [9.17, 15) is 4.79 Å². The molecule has 0 saturated carbocycles. The number of likely N-dealkylation sites (tertiary alicyclic amines) is 1. The highest BCUT2D eigenvalue weighted by Gasteiger charge is 2.26. The summed E-state index contributed by atoms with van der Waals surface area (Å²) in [5.41, 5.74) is 6.51. The van der Waals surface area contributed by atoms with Crippen LogP contribution in [0.15, 0.2) is 42.7 Å². The summed E-state index contributed by atoms with van der Waals surface area (Å²) in [6, 6.07) is 9.67. The van der Waals surface area contributed by atoms with Gasteiger partial charge in [-0.2, -0.15) is 0 Å². The van der Waals surface area contributed by atoms with Crippen LogP contribution in [0.4, 0.5) is 5.69 Å². The Morgan fingerprint density at radius 3 is 2.57 bits per heavy atom. The lowest BCUT2D eigenvalue weighted by Crippen LogP contribution is -2.46. The molecule has 1 unspecified atom stereocenters. The van der Waals surface area contributed by atoms with Gasteiger partial charge < -0.3 is 19.9 Å². The Labute approximate surface area is 222 Å². The summed E-state index contributed by atoms with van der Waals surface area (Å²) in [4.78, 5) is 23.1. The zero-order valence-electron chi connectivity index (χ0n) is 22.7. The summed E-state index contributed by atoms with van der Waals surface area (Å²) in [5.74, 6) is 0.460. The van der Waals surface area contributed by atoms with E-state index in [0.29, 0.717) is 12.0 Å². The molecule has 6 nitrogen and oxygen atoms in total. The van der Waals surface area contributed by atoms with Gasteiger partial charge in [-0.25, -0.2) is 0 Å². The number of hydrogen-bond donors (Lipinski definition) is 1. The van der Waals surface area contributed by atoms with Gasteiger partial charge in [0.2, 0.25) is 0 Å². The average Bonchev–Trinajstić information content (AvgIpc) is 2.91. The van der Waals surface area contributed by atoms with E-state index in [-0.39, 0.29) is 11.9 Å². The summed E-state index contributed by atoms with van der Waals surface area (Å²) in [6.45, 7) is 12.1. The van der Waals surface area contributed by atoms with Gasteiger partial charge in [-0.15, -0.1) is 0 Å². The molecule has 1 atom stereocenters. The molecule has 5 rings (SSSR count). The lowest BCUT2D eigenvalue weighted by Gasteiger charge is -2.35. The number of rotatable bonds is 5. The van der Waals surface area contributed by atoms with Crippen LogP contribution in [0.2, 0.25) is 0 Å². The number of piperidine rings is 1. The van der Waals surface area contributed by atoms with Gasteiger partial charge in [0.1, 0.15) is 0 Å². The molecular formula is C31H42N4O2. The van der Waals surface area contributed by atoms with Crippen molar-refractivity contribution in [3.63, 3.8) is 0 Å². The van der Waals surface area contributed by atoms with Gasteiger partial charge in [-0.3, -0.25) is 9.78 Å². The number of hydrogen-bond acceptors (Lipinski definition) is 5. The summed E-state index contributed by atoms with van der Waals surface area (Å²) in [5, 5.41) is 3.40. The molecule has 2 fully saturated rings. The molecular weight excluding hydrogens is 460 g/mol. The molecule has 1 N–H and O–H groups in total. The molecule has 2 saturated heterocycles. The van der Waals surface area contributed by atoms with Crippen LogP contribution in [0, 0.1) is 5.92 Å². The monoisotopic (exact) mass is 502 g/mol. The number of nitrogens with zero attached hydrogens (tertiary/aromatic N) is 3. The van der Waals surface area contributed by atoms with Crippen LogP contribution in [0.3, 0.4) is 0 Å². The van der Waals surface area contributed by atoms with Crippen molar-refractivity contribution in [3.8, 4) is 11.1 Å². The van der Waals surface area contributed by atoms with E-state index in [2.05, 4.69) is 71.2 Å². The first-order valence-corrected chi connectivity index (χ1v) is 14.2. The number of ether oxygens (including phenoxy) is 1. The van der Waals surface area contributed by atoms with Crippen LogP contribution in [-0.2, 0) is 16.0 Å². The standard InChI is InChI=1S/C31H42N4O2/c1-22(2)34-11-9-27(10-12-34)33-31(36)30-17-23(3)5-4-6-24-7-8-25(19-29(24)30)26-18-28(21-32-20-26)35-13-15-37-16-14-35/h7-8,17-23,27H,4-6,9-16H2,1-3H3,(H,33,36). The molecule has 2 aliphatic heterocycles. The van der Waals surface area contributed by atoms with Gasteiger partial charge in [0.05, 0.1) is 25.1 Å². The Balaban J connectivity index is 1.41. The molecule has 1 amide bonds. The van der Waals surface area contributed by atoms with E-state index in [1.165, 1.54) is 5.56 Å². The Bertz CT molecular complexity index is 1110. The van der Waals surface area contributed by atoms with Crippen LogP contribution in [-0.4, -0.2) is 67.3 Å². The van der Waals surface area contributed by atoms with Crippen molar-refractivity contribution in [3.05, 3.63) is 53.9 Å². The molecule has 3 heterocycles. The number of morpholine rings is 1. The van der Waals surface area contributed by atoms with E-state index in [4.69, 9.17) is 4.74 Å². The van der Waals surface area contributed by atoms with Crippen molar-refractivity contribution in [1.82, 2.24) is 15.2 Å². The fourth-order valence-corrected chi connectivity index (χ4v) is 5.90. The summed E-state index contributed by atoms with van der Waals surface area (Å²) in [7, 11) is 0. The maximum Gasteiger partial charge on any atom is 0.251 e. The highest BCUT2D eigenvalue weighted by Crippen LogP contribution is 2.33. The van der Waals surface area contributed by atoms with Crippen LogP contribution in [0.5, 0.6) is 0 Å². The minimum absolute atomic E-state index is 0.0790. The van der Waals surface area contributed by atoms with Crippen molar-refractivity contribution in [2.45, 2.75) is 65.0 Å². The van der Waals surface area contributed by atoms with Crippen molar-refractivity contribution in [2.75, 3.05) is 44.3 Å². The molecule has 1 aromatic heterocycles. The largest absolute Gasteiger partial charge is 0.378 e. The molecule has 6 heteroatoms. The summed E-state index contributed by atoms with van der Waals surface area (Å²) < 4.78 is 5.52. The van der Waals surface area contributed by atoms with Gasteiger partial charge in [-0.1, -0.05) is 25.1 Å². The molecule has 0 radical (unpaired) electrons. The lowest BCUT2D eigenvalue weighted by atomic mass is 9.86. The molecule has 2 aromatic rings. The molecule has 1 aromatic carbocycles. The fourth-order valence-electron chi connectivity index (χ4n) is 5.90. The first kappa shape index (κ1) is 25.9. The average molecular weight is 503 g/mol. The second-order valence-electron chi connectivity index (χ2n) is 11.2. The molecule has 198 valence electrons. The Kier molecular flexibility index (Phi) is 8.26. The third-order valence-electron chi connectivity index (χ3n) is 8.23. The number of anilines is 1. The molecule has 37 heavy (non-hydrogen) atoms. The number of aromatic nitrogens is 1. The number of aryl methyl sites for hydroxylation is 1. The highest BCUT2D eigenvalue weighted by molar-refractivity contribution is 6.20. The number of carbonyl (C=O) groups is 1. The SMILES string of the molecule is CC1C=C(C(=O)NC2CCN(C(C)C)CC2)c2cc(-c3cncc(N4CCOCC4)c3)ccc2CCC1. The van der Waals surface area contributed by atoms with Crippen LogP contribution in [0.25, 0.3) is 16.7 Å². The minimum Gasteiger partial charge on any atom is -0.378 e. The van der Waals surface area contributed by atoms with Crippen LogP contribution < -0.4 is 10.2 Å². The molecule has 0 spiro atoms. The third-order valence-corrected chi connectivity index (χ3v) is 8.23. The third kappa shape index (κ3) is 6.24. The topological polar surface area (TPSA) is 57.7 Å². The van der Waals surface area contributed by atoms with Gasteiger partial charge in [-0.05, 0) is 80.7 Å². The number of pyridine rings is 1. The fraction of sp³-hybridized carbons (Fsp3) is 0.548. The second kappa shape index (κ2) is 11.8. The van der Waals surface area contributed by atoms with Gasteiger partial charge >= 0.3 is 0 Å². The summed E-state index contributed by atoms with van der Waals surface area (Å²) >= 11 is 0. The molecule has 1 aliphatic carbocycles. The van der Waals surface area contributed by atoms with Gasteiger partial charge in [0, 0.05) is 55.6 Å². The van der Waals surface area contributed by atoms with E-state index in [1.807, 2.05) is 12.4 Å². The number of fused-ring (bicyclic) bond motifs is 1. The minimum atomic E-state index is 0.0790. The maximum atomic E-state index is 13.7. The Morgan fingerprint density at radius 2 is 1.81 bits per heavy atom. The molecule has 0 bridgehead atoms. The second-order valence-corrected chi connectivity index (χ2v) is 11.2. The Morgan fingerprint density at radius 1 is 1.03 bits per heavy atom. The number of nitrogens with one attached hydrogen (secondary N) is 1. The Hall–Kier alpha value is -2.70. The quantitative estimate of drug-likeness (QED) is 0.628. The van der Waals surface area contributed by atoms with Crippen LogP contribution >= 0.6 is 0 Å². The maximum absolute atomic E-state index is 13.7. The van der Waals surface area contributed by atoms with Gasteiger partial charge in [0.25, 0.3) is 5.91 Å². The van der Waals surface area contributed by atoms with Crippen molar-refractivity contribution >= 4 is 17.2 Å². The number of carbonyl (C=O) groups excluding carboxylic acids is 1. The van der Waals surface area contributed by atoms with E-state index < -0.39 is 0 Å². The van der Waals surface area contributed by atoms with Crippen molar-refractivity contribution in [1.29, 1.82) is 0 Å². The summed E-state index contributed by atoms with van der Waals surface area (Å²) in [6.07, 6.45) is 11.4. The van der Waals surface area contributed by atoms with Gasteiger partial charge in [0.15, 0.2) is 0 Å². The number of allylic oxidation sites excluding steroid dienone is 1. The number of amides is 1. The van der Waals surface area contributed by atoms with E-state index in [1.54, 1.807) is 0 Å². The normalized spacial score (nSPS) is 21.7. The molecule has 3 aliphatic rings. The first-order chi connectivity index (χ1) is 18.0. The zero-order chi connectivity index (χ0) is 25.8. The predicted molar refractivity (Wildman–Crippen MR) is 151 cm³/mol. The predicted octanol–water partition coefficient (Wildman–Crippen LogP) is 4.93.